The number of pyridine rings is 1. The van der Waals surface area contributed by atoms with Gasteiger partial charge in [-0.15, -0.1) is 21.5 Å². The van der Waals surface area contributed by atoms with Gasteiger partial charge < -0.3 is 14.5 Å². The number of ether oxygens (including phenoxy) is 1. The molecule has 2 aromatic carbocycles. The molecule has 0 spiro atoms. The molecule has 3 heterocycles. The zero-order chi connectivity index (χ0) is 28.1. The molecule has 0 unspecified atom stereocenters. The maximum Gasteiger partial charge on any atom is 0.320 e. The molecule has 0 aliphatic rings. The summed E-state index contributed by atoms with van der Waals surface area (Å²) in [4.78, 5) is 21.8. The third kappa shape index (κ3) is 5.72. The van der Waals surface area contributed by atoms with Crippen molar-refractivity contribution in [2.75, 3.05) is 18.5 Å². The molecule has 0 radical (unpaired) electrons. The average molecular weight is 555 g/mol. The Morgan fingerprint density at radius 1 is 1.00 bits per heavy atom. The molecule has 0 fully saturated rings. The first-order valence-electron chi connectivity index (χ1n) is 13.2. The minimum atomic E-state index is -0.321. The second kappa shape index (κ2) is 12.1. The summed E-state index contributed by atoms with van der Waals surface area (Å²) in [5, 5.41) is 16.7. The molecule has 5 rings (SSSR count). The molecule has 0 aliphatic carbocycles. The van der Waals surface area contributed by atoms with Gasteiger partial charge in [0.25, 0.3) is 0 Å². The first kappa shape index (κ1) is 27.0. The van der Waals surface area contributed by atoms with Crippen molar-refractivity contribution in [2.24, 2.45) is 0 Å². The lowest BCUT2D eigenvalue weighted by Gasteiger charge is -2.17. The van der Waals surface area contributed by atoms with Crippen LogP contribution in [0, 0.1) is 6.92 Å². The van der Waals surface area contributed by atoms with E-state index < -0.39 is 0 Å². The minimum Gasteiger partial charge on any atom is -0.494 e. The van der Waals surface area contributed by atoms with Gasteiger partial charge in [0.15, 0.2) is 0 Å². The lowest BCUT2D eigenvalue weighted by atomic mass is 9.95. The Balaban J connectivity index is 1.68. The predicted molar refractivity (Wildman–Crippen MR) is 157 cm³/mol. The number of rotatable bonds is 9. The minimum absolute atomic E-state index is 0.321. The van der Waals surface area contributed by atoms with Gasteiger partial charge in [0.2, 0.25) is 11.8 Å². The lowest BCUT2D eigenvalue weighted by molar-refractivity contribution is 0.252. The van der Waals surface area contributed by atoms with Crippen molar-refractivity contribution >= 4 is 23.2 Å². The molecule has 40 heavy (non-hydrogen) atoms. The molecular formula is C30H30N6O3S. The number of amides is 2. The number of aryl methyl sites for hydroxylation is 1. The van der Waals surface area contributed by atoms with Crippen molar-refractivity contribution in [1.29, 1.82) is 0 Å². The summed E-state index contributed by atoms with van der Waals surface area (Å²) in [6, 6.07) is 15.6. The standard InChI is InChI=1S/C30H30N6O3S/c1-5-21-22(28-36-35-18(4)39-28)13-20(14-26(21)38-7-3)24-16-32-27(34-30(37)31-6-2)15-23(24)29-33-25(17-40-29)19-11-9-8-10-12-19/h8-17H,5-7H2,1-4H3,(H2,31,32,34,37). The van der Waals surface area contributed by atoms with Crippen molar-refractivity contribution in [3.63, 3.8) is 0 Å². The highest BCUT2D eigenvalue weighted by Gasteiger charge is 2.21. The van der Waals surface area contributed by atoms with Crippen LogP contribution in [0.25, 0.3) is 44.4 Å². The van der Waals surface area contributed by atoms with Crippen LogP contribution in [0.15, 0.2) is 64.5 Å². The summed E-state index contributed by atoms with van der Waals surface area (Å²) in [6.07, 6.45) is 2.47. The van der Waals surface area contributed by atoms with Crippen LogP contribution in [-0.2, 0) is 6.42 Å². The van der Waals surface area contributed by atoms with E-state index in [9.17, 15) is 4.79 Å². The van der Waals surface area contributed by atoms with E-state index >= 15 is 0 Å². The van der Waals surface area contributed by atoms with Crippen LogP contribution in [0.1, 0.15) is 32.2 Å². The van der Waals surface area contributed by atoms with Crippen LogP contribution in [-0.4, -0.2) is 39.3 Å². The molecule has 2 amide bonds. The first-order valence-corrected chi connectivity index (χ1v) is 14.0. The van der Waals surface area contributed by atoms with E-state index in [0.717, 1.165) is 56.3 Å². The molecular weight excluding hydrogens is 524 g/mol. The summed E-state index contributed by atoms with van der Waals surface area (Å²) < 4.78 is 11.9. The summed E-state index contributed by atoms with van der Waals surface area (Å²) in [7, 11) is 0. The highest BCUT2D eigenvalue weighted by Crippen LogP contribution is 2.41. The largest absolute Gasteiger partial charge is 0.494 e. The molecule has 0 saturated carbocycles. The first-order chi connectivity index (χ1) is 19.5. The number of nitrogens with one attached hydrogen (secondary N) is 2. The zero-order valence-electron chi connectivity index (χ0n) is 22.8. The van der Waals surface area contributed by atoms with Crippen molar-refractivity contribution in [3.8, 4) is 50.2 Å². The van der Waals surface area contributed by atoms with Gasteiger partial charge in [0.05, 0.1) is 12.3 Å². The van der Waals surface area contributed by atoms with Gasteiger partial charge in [0, 0.05) is 52.9 Å². The molecule has 5 aromatic rings. The van der Waals surface area contributed by atoms with Crippen LogP contribution < -0.4 is 15.4 Å². The molecule has 0 atom stereocenters. The fourth-order valence-corrected chi connectivity index (χ4v) is 5.30. The molecule has 10 heteroatoms. The van der Waals surface area contributed by atoms with Crippen molar-refractivity contribution in [2.45, 2.75) is 34.1 Å². The average Bonchev–Trinajstić information content (AvgIpc) is 3.63. The zero-order valence-corrected chi connectivity index (χ0v) is 23.6. The number of carbonyl (C=O) groups is 1. The Hall–Kier alpha value is -4.57. The number of carbonyl (C=O) groups excluding carboxylic acids is 1. The SMILES string of the molecule is CCNC(=O)Nc1cc(-c2nc(-c3ccccc3)cs2)c(-c2cc(OCC)c(CC)c(-c3nnc(C)o3)c2)cn1. The van der Waals surface area contributed by atoms with Gasteiger partial charge in [0.1, 0.15) is 16.6 Å². The topological polar surface area (TPSA) is 115 Å². The van der Waals surface area contributed by atoms with Gasteiger partial charge >= 0.3 is 6.03 Å². The molecule has 2 N–H and O–H groups in total. The third-order valence-corrected chi connectivity index (χ3v) is 7.09. The smallest absolute Gasteiger partial charge is 0.320 e. The fraction of sp³-hybridized carbons (Fsp3) is 0.233. The molecule has 0 saturated heterocycles. The van der Waals surface area contributed by atoms with Crippen LogP contribution in [0.4, 0.5) is 10.6 Å². The molecule has 204 valence electrons. The number of urea groups is 1. The maximum absolute atomic E-state index is 12.3. The Labute approximate surface area is 236 Å². The van der Waals surface area contributed by atoms with E-state index in [1.54, 1.807) is 13.1 Å². The quantitative estimate of drug-likeness (QED) is 0.202. The normalized spacial score (nSPS) is 10.9. The third-order valence-electron chi connectivity index (χ3n) is 6.22. The second-order valence-electron chi connectivity index (χ2n) is 8.92. The van der Waals surface area contributed by atoms with Crippen LogP contribution >= 0.6 is 11.3 Å². The highest BCUT2D eigenvalue weighted by molar-refractivity contribution is 7.13. The number of hydrogen-bond acceptors (Lipinski definition) is 8. The van der Waals surface area contributed by atoms with Crippen molar-refractivity contribution in [1.82, 2.24) is 25.5 Å². The molecule has 9 nitrogen and oxygen atoms in total. The molecule has 3 aromatic heterocycles. The van der Waals surface area contributed by atoms with E-state index in [1.807, 2.05) is 67.8 Å². The van der Waals surface area contributed by atoms with Crippen LogP contribution in [0.2, 0.25) is 0 Å². The van der Waals surface area contributed by atoms with E-state index in [0.29, 0.717) is 30.8 Å². The monoisotopic (exact) mass is 554 g/mol. The van der Waals surface area contributed by atoms with Gasteiger partial charge in [-0.25, -0.2) is 14.8 Å². The van der Waals surface area contributed by atoms with Gasteiger partial charge in [-0.05, 0) is 44.0 Å². The number of benzene rings is 2. The maximum atomic E-state index is 12.3. The van der Waals surface area contributed by atoms with Gasteiger partial charge in [-0.1, -0.05) is 37.3 Å². The summed E-state index contributed by atoms with van der Waals surface area (Å²) >= 11 is 1.53. The number of thiazole rings is 1. The van der Waals surface area contributed by atoms with Crippen LogP contribution in [0.3, 0.4) is 0 Å². The fourth-order valence-electron chi connectivity index (χ4n) is 4.44. The number of nitrogens with zero attached hydrogens (tertiary/aromatic N) is 4. The summed E-state index contributed by atoms with van der Waals surface area (Å²) in [6.45, 7) is 8.67. The van der Waals surface area contributed by atoms with Gasteiger partial charge in [-0.3, -0.25) is 5.32 Å². The Morgan fingerprint density at radius 2 is 1.82 bits per heavy atom. The van der Waals surface area contributed by atoms with E-state index in [4.69, 9.17) is 14.1 Å². The predicted octanol–water partition coefficient (Wildman–Crippen LogP) is 7.00. The summed E-state index contributed by atoms with van der Waals surface area (Å²) in [5.41, 5.74) is 6.21. The lowest BCUT2D eigenvalue weighted by Crippen LogP contribution is -2.28. The number of aromatic nitrogens is 4. The van der Waals surface area contributed by atoms with Crippen LogP contribution in [0.5, 0.6) is 5.75 Å². The van der Waals surface area contributed by atoms with Crippen molar-refractivity contribution < 1.29 is 13.9 Å². The van der Waals surface area contributed by atoms with Crippen molar-refractivity contribution in [3.05, 3.63) is 71.6 Å². The van der Waals surface area contributed by atoms with E-state index in [2.05, 4.69) is 32.7 Å². The van der Waals surface area contributed by atoms with E-state index in [-0.39, 0.29) is 6.03 Å². The highest BCUT2D eigenvalue weighted by atomic mass is 32.1. The second-order valence-corrected chi connectivity index (χ2v) is 9.77. The number of hydrogen-bond donors (Lipinski definition) is 2. The summed E-state index contributed by atoms with van der Waals surface area (Å²) in [5.74, 6) is 2.08. The number of anilines is 1. The molecule has 0 bridgehead atoms. The Kier molecular flexibility index (Phi) is 8.16. The molecule has 0 aliphatic heterocycles. The van der Waals surface area contributed by atoms with Gasteiger partial charge in [-0.2, -0.15) is 0 Å². The Bertz CT molecular complexity index is 1630. The van der Waals surface area contributed by atoms with E-state index in [1.165, 1.54) is 11.3 Å². The Morgan fingerprint density at radius 3 is 2.52 bits per heavy atom.